The average molecular weight is 325 g/mol. The number of carbonyl (C=O) groups is 1. The maximum absolute atomic E-state index is 12.6. The van der Waals surface area contributed by atoms with E-state index in [9.17, 15) is 26.4 Å². The number of alkyl halides is 3. The van der Waals surface area contributed by atoms with E-state index < -0.39 is 38.0 Å². The Morgan fingerprint density at radius 3 is 2.24 bits per heavy atom. The number of anilines is 1. The fourth-order valence-corrected chi connectivity index (χ4v) is 2.71. The van der Waals surface area contributed by atoms with E-state index in [0.717, 1.165) is 26.0 Å². The predicted molar refractivity (Wildman–Crippen MR) is 70.2 cm³/mol. The molecule has 21 heavy (non-hydrogen) atoms. The van der Waals surface area contributed by atoms with Gasteiger partial charge in [0.25, 0.3) is 0 Å². The highest BCUT2D eigenvalue weighted by molar-refractivity contribution is 7.92. The molecule has 0 fully saturated rings. The topological polar surface area (TPSA) is 97.5 Å². The lowest BCUT2D eigenvalue weighted by Gasteiger charge is -2.20. The standard InChI is InChI=1S/C12H14F3NO4S/c1-11(2,10(17)18)21(19,20)6-7-5-8(12(13,14)15)3-4-9(7)16/h3-5H,6,16H2,1-2H3,(H,17,18). The first kappa shape index (κ1) is 17.3. The normalized spacial score (nSPS) is 13.2. The van der Waals surface area contributed by atoms with Crippen LogP contribution in [-0.4, -0.2) is 24.2 Å². The number of nitrogens with two attached hydrogens (primary N) is 1. The minimum absolute atomic E-state index is 0.146. The smallest absolute Gasteiger partial charge is 0.416 e. The van der Waals surface area contributed by atoms with Crippen LogP contribution in [0.1, 0.15) is 25.0 Å². The van der Waals surface area contributed by atoms with Crippen molar-refractivity contribution in [1.29, 1.82) is 0 Å². The third-order valence-electron chi connectivity index (χ3n) is 3.11. The summed E-state index contributed by atoms with van der Waals surface area (Å²) >= 11 is 0. The zero-order valence-corrected chi connectivity index (χ0v) is 12.0. The molecule has 0 unspecified atom stereocenters. The summed E-state index contributed by atoms with van der Waals surface area (Å²) in [4.78, 5) is 11.0. The monoisotopic (exact) mass is 325 g/mol. The van der Waals surface area contributed by atoms with Crippen molar-refractivity contribution in [3.8, 4) is 0 Å². The van der Waals surface area contributed by atoms with Crippen LogP contribution in [0.3, 0.4) is 0 Å². The van der Waals surface area contributed by atoms with E-state index in [4.69, 9.17) is 10.8 Å². The Morgan fingerprint density at radius 2 is 1.81 bits per heavy atom. The van der Waals surface area contributed by atoms with Gasteiger partial charge in [-0.15, -0.1) is 0 Å². The lowest BCUT2D eigenvalue weighted by atomic mass is 10.1. The van der Waals surface area contributed by atoms with Gasteiger partial charge < -0.3 is 10.8 Å². The molecule has 1 rings (SSSR count). The van der Waals surface area contributed by atoms with Crippen LogP contribution in [0.15, 0.2) is 18.2 Å². The molecule has 3 N–H and O–H groups in total. The summed E-state index contributed by atoms with van der Waals surface area (Å²) in [5.74, 6) is -2.48. The number of benzene rings is 1. The Bertz CT molecular complexity index is 666. The summed E-state index contributed by atoms with van der Waals surface area (Å²) < 4.78 is 59.8. The van der Waals surface area contributed by atoms with Crippen LogP contribution in [0.4, 0.5) is 18.9 Å². The van der Waals surface area contributed by atoms with E-state index >= 15 is 0 Å². The summed E-state index contributed by atoms with van der Waals surface area (Å²) in [6, 6.07) is 2.29. The molecule has 0 bridgehead atoms. The second kappa shape index (κ2) is 5.21. The van der Waals surface area contributed by atoms with Crippen LogP contribution in [0.2, 0.25) is 0 Å². The molecule has 0 aliphatic heterocycles. The minimum atomic E-state index is -4.64. The van der Waals surface area contributed by atoms with Gasteiger partial charge in [0.1, 0.15) is 0 Å². The summed E-state index contributed by atoms with van der Waals surface area (Å²) in [5.41, 5.74) is 4.01. The van der Waals surface area contributed by atoms with Crippen LogP contribution in [0, 0.1) is 0 Å². The molecule has 0 aliphatic carbocycles. The van der Waals surface area contributed by atoms with Gasteiger partial charge in [-0.25, -0.2) is 8.42 Å². The van der Waals surface area contributed by atoms with E-state index in [1.165, 1.54) is 0 Å². The first-order valence-electron chi connectivity index (χ1n) is 5.70. The molecule has 9 heteroatoms. The lowest BCUT2D eigenvalue weighted by Crippen LogP contribution is -2.41. The Labute approximate surface area is 119 Å². The Hall–Kier alpha value is -1.77. The SMILES string of the molecule is CC(C)(C(=O)O)S(=O)(=O)Cc1cc(C(F)(F)F)ccc1N. The third kappa shape index (κ3) is 3.46. The van der Waals surface area contributed by atoms with E-state index in [0.29, 0.717) is 6.07 Å². The number of halogens is 3. The van der Waals surface area contributed by atoms with Gasteiger partial charge in [-0.2, -0.15) is 13.2 Å². The van der Waals surface area contributed by atoms with E-state index in [1.807, 2.05) is 0 Å². The summed E-state index contributed by atoms with van der Waals surface area (Å²) in [5, 5.41) is 8.92. The van der Waals surface area contributed by atoms with Gasteiger partial charge in [0, 0.05) is 5.69 Å². The van der Waals surface area contributed by atoms with Crippen LogP contribution < -0.4 is 5.73 Å². The van der Waals surface area contributed by atoms with Crippen LogP contribution in [0.5, 0.6) is 0 Å². The average Bonchev–Trinajstić information content (AvgIpc) is 2.29. The molecule has 118 valence electrons. The zero-order chi connectivity index (χ0) is 16.6. The molecule has 0 aromatic heterocycles. The molecule has 0 radical (unpaired) electrons. The van der Waals surface area contributed by atoms with E-state index in [1.54, 1.807) is 0 Å². The van der Waals surface area contributed by atoms with Crippen molar-refractivity contribution in [3.63, 3.8) is 0 Å². The molecule has 0 saturated heterocycles. The van der Waals surface area contributed by atoms with Crippen molar-refractivity contribution in [1.82, 2.24) is 0 Å². The number of nitrogen functional groups attached to an aromatic ring is 1. The molecule has 0 atom stereocenters. The number of hydrogen-bond acceptors (Lipinski definition) is 4. The summed E-state index contributed by atoms with van der Waals surface area (Å²) in [7, 11) is -4.24. The molecular formula is C12H14F3NO4S. The molecule has 1 aromatic rings. The zero-order valence-electron chi connectivity index (χ0n) is 11.2. The van der Waals surface area contributed by atoms with Crippen molar-refractivity contribution in [3.05, 3.63) is 29.3 Å². The van der Waals surface area contributed by atoms with Gasteiger partial charge in [0.15, 0.2) is 14.6 Å². The molecule has 0 saturated carbocycles. The highest BCUT2D eigenvalue weighted by Crippen LogP contribution is 2.32. The highest BCUT2D eigenvalue weighted by atomic mass is 32.2. The molecular weight excluding hydrogens is 311 g/mol. The van der Waals surface area contributed by atoms with Crippen molar-refractivity contribution in [2.24, 2.45) is 0 Å². The quantitative estimate of drug-likeness (QED) is 0.826. The molecule has 0 aliphatic rings. The molecule has 0 spiro atoms. The van der Waals surface area contributed by atoms with Crippen molar-refractivity contribution >= 4 is 21.5 Å². The number of carboxylic acid groups (broad SMARTS) is 1. The Balaban J connectivity index is 3.29. The van der Waals surface area contributed by atoms with E-state index in [2.05, 4.69) is 0 Å². The fraction of sp³-hybridized carbons (Fsp3) is 0.417. The lowest BCUT2D eigenvalue weighted by molar-refractivity contribution is -0.139. The van der Waals surface area contributed by atoms with Gasteiger partial charge in [-0.05, 0) is 37.6 Å². The first-order chi connectivity index (χ1) is 9.29. The van der Waals surface area contributed by atoms with Gasteiger partial charge in [0.05, 0.1) is 11.3 Å². The van der Waals surface area contributed by atoms with Crippen LogP contribution in [-0.2, 0) is 26.6 Å². The number of carboxylic acids is 1. The van der Waals surface area contributed by atoms with Gasteiger partial charge >= 0.3 is 12.1 Å². The molecule has 0 heterocycles. The van der Waals surface area contributed by atoms with E-state index in [-0.39, 0.29) is 11.3 Å². The summed E-state index contributed by atoms with van der Waals surface area (Å²) in [6.45, 7) is 1.93. The maximum Gasteiger partial charge on any atom is 0.416 e. The molecule has 0 amide bonds. The van der Waals surface area contributed by atoms with Crippen LogP contribution >= 0.6 is 0 Å². The van der Waals surface area contributed by atoms with Crippen molar-refractivity contribution in [2.75, 3.05) is 5.73 Å². The maximum atomic E-state index is 12.6. The molecule has 5 nitrogen and oxygen atoms in total. The minimum Gasteiger partial charge on any atom is -0.480 e. The summed E-state index contributed by atoms with van der Waals surface area (Å²) in [6.07, 6.45) is -4.64. The number of rotatable bonds is 4. The Morgan fingerprint density at radius 1 is 1.29 bits per heavy atom. The largest absolute Gasteiger partial charge is 0.480 e. The number of sulfone groups is 1. The first-order valence-corrected chi connectivity index (χ1v) is 7.35. The molecule has 1 aromatic carbocycles. The third-order valence-corrected chi connectivity index (χ3v) is 5.53. The van der Waals surface area contributed by atoms with Crippen molar-refractivity contribution < 1.29 is 31.5 Å². The highest BCUT2D eigenvalue weighted by Gasteiger charge is 2.42. The fourth-order valence-electron chi connectivity index (χ4n) is 1.43. The van der Waals surface area contributed by atoms with Crippen molar-refractivity contribution in [2.45, 2.75) is 30.5 Å². The van der Waals surface area contributed by atoms with Gasteiger partial charge in [-0.3, -0.25) is 4.79 Å². The van der Waals surface area contributed by atoms with Gasteiger partial charge in [0.2, 0.25) is 0 Å². The second-order valence-corrected chi connectivity index (χ2v) is 7.52. The Kier molecular flexibility index (Phi) is 4.29. The predicted octanol–water partition coefficient (Wildman–Crippen LogP) is 2.07. The number of hydrogen-bond donors (Lipinski definition) is 2. The number of aliphatic carboxylic acids is 1. The van der Waals surface area contributed by atoms with Gasteiger partial charge in [-0.1, -0.05) is 0 Å². The van der Waals surface area contributed by atoms with Crippen LogP contribution in [0.25, 0.3) is 0 Å². The second-order valence-electron chi connectivity index (χ2n) is 4.99.